The predicted molar refractivity (Wildman–Crippen MR) is 103 cm³/mol. The Morgan fingerprint density at radius 1 is 1.30 bits per heavy atom. The van der Waals surface area contributed by atoms with Gasteiger partial charge in [-0.15, -0.1) is 0 Å². The van der Waals surface area contributed by atoms with Crippen LogP contribution in [0.2, 0.25) is 0 Å². The van der Waals surface area contributed by atoms with E-state index in [1.807, 2.05) is 35.1 Å². The minimum absolute atomic E-state index is 0.405. The highest BCUT2D eigenvalue weighted by atomic mass is 32.2. The predicted octanol–water partition coefficient (Wildman–Crippen LogP) is 0.888. The minimum atomic E-state index is -1.13. The van der Waals surface area contributed by atoms with E-state index in [4.69, 9.17) is 5.11 Å². The molecular formula is C17H21N5O4S. The molecule has 0 spiro atoms. The van der Waals surface area contributed by atoms with E-state index < -0.39 is 30.5 Å². The Balaban J connectivity index is 1.72. The lowest BCUT2D eigenvalue weighted by Crippen LogP contribution is -2.52. The van der Waals surface area contributed by atoms with E-state index in [2.05, 4.69) is 15.6 Å². The molecule has 1 aromatic carbocycles. The first kappa shape index (κ1) is 19.0. The van der Waals surface area contributed by atoms with Crippen LogP contribution in [0.4, 0.5) is 10.7 Å². The van der Waals surface area contributed by atoms with Crippen LogP contribution in [0.1, 0.15) is 6.42 Å². The van der Waals surface area contributed by atoms with Crippen molar-refractivity contribution >= 4 is 46.7 Å². The number of hydrogen-bond acceptors (Lipinski definition) is 5. The third kappa shape index (κ3) is 4.16. The van der Waals surface area contributed by atoms with Crippen molar-refractivity contribution in [3.8, 4) is 0 Å². The second-order valence-corrected chi connectivity index (χ2v) is 7.08. The van der Waals surface area contributed by atoms with E-state index in [9.17, 15) is 14.4 Å². The molecule has 1 aromatic heterocycles. The summed E-state index contributed by atoms with van der Waals surface area (Å²) in [6, 6.07) is 6.43. The molecule has 3 rings (SSSR count). The van der Waals surface area contributed by atoms with Gasteiger partial charge in [-0.1, -0.05) is 12.1 Å². The van der Waals surface area contributed by atoms with Crippen molar-refractivity contribution in [2.75, 3.05) is 30.0 Å². The number of urea groups is 1. The number of amides is 3. The van der Waals surface area contributed by atoms with Crippen molar-refractivity contribution in [2.45, 2.75) is 19.0 Å². The van der Waals surface area contributed by atoms with Gasteiger partial charge in [-0.05, 0) is 30.6 Å². The summed E-state index contributed by atoms with van der Waals surface area (Å²) in [6.07, 6.45) is 2.31. The summed E-state index contributed by atoms with van der Waals surface area (Å²) < 4.78 is 1.97. The summed E-state index contributed by atoms with van der Waals surface area (Å²) in [6.45, 7) is 0.610. The van der Waals surface area contributed by atoms with Crippen molar-refractivity contribution in [1.82, 2.24) is 20.2 Å². The molecule has 3 amide bonds. The number of benzene rings is 1. The van der Waals surface area contributed by atoms with Gasteiger partial charge in [0.1, 0.15) is 12.6 Å². The number of thioether (sulfide) groups is 1. The third-order valence-electron chi connectivity index (χ3n) is 4.31. The fourth-order valence-electron chi connectivity index (χ4n) is 3.00. The second-order valence-electron chi connectivity index (χ2n) is 6.10. The Hall–Kier alpha value is -2.75. The van der Waals surface area contributed by atoms with Crippen molar-refractivity contribution < 1.29 is 19.5 Å². The zero-order valence-electron chi connectivity index (χ0n) is 14.8. The van der Waals surface area contributed by atoms with Crippen LogP contribution in [0.25, 0.3) is 11.0 Å². The van der Waals surface area contributed by atoms with Gasteiger partial charge in [0.15, 0.2) is 0 Å². The van der Waals surface area contributed by atoms with Gasteiger partial charge < -0.3 is 20.3 Å². The maximum Gasteiger partial charge on any atom is 0.324 e. The summed E-state index contributed by atoms with van der Waals surface area (Å²) in [4.78, 5) is 41.7. The molecule has 2 heterocycles. The Kier molecular flexibility index (Phi) is 5.84. The highest BCUT2D eigenvalue weighted by molar-refractivity contribution is 7.98. The zero-order valence-corrected chi connectivity index (χ0v) is 15.7. The highest BCUT2D eigenvalue weighted by Gasteiger charge is 2.31. The molecule has 0 bridgehead atoms. The van der Waals surface area contributed by atoms with Crippen LogP contribution < -0.4 is 15.5 Å². The maximum absolute atomic E-state index is 12.8. The van der Waals surface area contributed by atoms with Gasteiger partial charge in [0.2, 0.25) is 11.9 Å². The zero-order chi connectivity index (χ0) is 19.4. The molecule has 1 unspecified atom stereocenters. The first-order valence-corrected chi connectivity index (χ1v) is 9.92. The van der Waals surface area contributed by atoms with E-state index in [1.54, 1.807) is 11.8 Å². The van der Waals surface area contributed by atoms with Crippen LogP contribution in [-0.4, -0.2) is 63.7 Å². The van der Waals surface area contributed by atoms with Crippen LogP contribution in [0.15, 0.2) is 24.3 Å². The molecule has 9 nitrogen and oxygen atoms in total. The largest absolute Gasteiger partial charge is 0.480 e. The number of carbonyl (C=O) groups excluding carboxylic acids is 2. The molecular weight excluding hydrogens is 370 g/mol. The quantitative estimate of drug-likeness (QED) is 0.645. The number of nitrogens with one attached hydrogen (secondary N) is 2. The number of carbonyl (C=O) groups is 3. The molecule has 0 fully saturated rings. The number of aliphatic carboxylic acids is 1. The number of carboxylic acid groups (broad SMARTS) is 1. The summed E-state index contributed by atoms with van der Waals surface area (Å²) in [5, 5.41) is 13.8. The van der Waals surface area contributed by atoms with Crippen LogP contribution in [0.5, 0.6) is 0 Å². The molecule has 0 saturated heterocycles. The van der Waals surface area contributed by atoms with Gasteiger partial charge in [0, 0.05) is 13.1 Å². The van der Waals surface area contributed by atoms with Crippen LogP contribution in [0, 0.1) is 0 Å². The third-order valence-corrected chi connectivity index (χ3v) is 4.95. The minimum Gasteiger partial charge on any atom is -0.480 e. The average molecular weight is 391 g/mol. The molecule has 1 atom stereocenters. The summed E-state index contributed by atoms with van der Waals surface area (Å²) in [5.74, 6) is -0.438. The highest BCUT2D eigenvalue weighted by Crippen LogP contribution is 2.27. The molecule has 27 heavy (non-hydrogen) atoms. The molecule has 1 aliphatic heterocycles. The SMILES string of the molecule is CSCCC(NC(=O)N1CCn2c1nc1ccccc12)C(=O)NCC(=O)O. The number of nitrogens with zero attached hydrogens (tertiary/aromatic N) is 3. The van der Waals surface area contributed by atoms with Crippen LogP contribution >= 0.6 is 11.8 Å². The Morgan fingerprint density at radius 3 is 2.81 bits per heavy atom. The molecule has 0 radical (unpaired) electrons. The van der Waals surface area contributed by atoms with Crippen molar-refractivity contribution in [2.24, 2.45) is 0 Å². The lowest BCUT2D eigenvalue weighted by Gasteiger charge is -2.21. The number of hydrogen-bond donors (Lipinski definition) is 3. The van der Waals surface area contributed by atoms with Gasteiger partial charge >= 0.3 is 12.0 Å². The van der Waals surface area contributed by atoms with E-state index in [0.29, 0.717) is 31.2 Å². The van der Waals surface area contributed by atoms with E-state index >= 15 is 0 Å². The molecule has 2 aromatic rings. The topological polar surface area (TPSA) is 117 Å². The summed E-state index contributed by atoms with van der Waals surface area (Å²) >= 11 is 1.54. The second kappa shape index (κ2) is 8.30. The lowest BCUT2D eigenvalue weighted by molar-refractivity contribution is -0.138. The van der Waals surface area contributed by atoms with E-state index in [-0.39, 0.29) is 0 Å². The first-order valence-electron chi connectivity index (χ1n) is 8.53. The van der Waals surface area contributed by atoms with Gasteiger partial charge in [0.05, 0.1) is 11.0 Å². The Labute approximate surface area is 160 Å². The van der Waals surface area contributed by atoms with E-state index in [0.717, 1.165) is 11.0 Å². The van der Waals surface area contributed by atoms with Gasteiger partial charge in [0.25, 0.3) is 0 Å². The Morgan fingerprint density at radius 2 is 2.07 bits per heavy atom. The lowest BCUT2D eigenvalue weighted by atomic mass is 10.2. The number of anilines is 1. The standard InChI is InChI=1S/C17H21N5O4S/c1-27-9-6-12(15(25)18-10-14(23)24)20-17(26)22-8-7-21-13-5-3-2-4-11(13)19-16(21)22/h2-5,12H,6-10H2,1H3,(H,18,25)(H,20,26)(H,23,24). The number of para-hydroxylation sites is 2. The molecule has 144 valence electrons. The van der Waals surface area contributed by atoms with Crippen molar-refractivity contribution in [3.05, 3.63) is 24.3 Å². The number of aromatic nitrogens is 2. The average Bonchev–Trinajstić information content (AvgIpc) is 3.22. The number of rotatable bonds is 7. The first-order chi connectivity index (χ1) is 13.0. The summed E-state index contributed by atoms with van der Waals surface area (Å²) in [7, 11) is 0. The molecule has 1 aliphatic rings. The van der Waals surface area contributed by atoms with Gasteiger partial charge in [-0.25, -0.2) is 9.78 Å². The number of imidazole rings is 1. The molecule has 10 heteroatoms. The van der Waals surface area contributed by atoms with Gasteiger partial charge in [-0.2, -0.15) is 11.8 Å². The van der Waals surface area contributed by atoms with Crippen LogP contribution in [-0.2, 0) is 16.1 Å². The van der Waals surface area contributed by atoms with E-state index in [1.165, 1.54) is 4.90 Å². The van der Waals surface area contributed by atoms with Crippen LogP contribution in [0.3, 0.4) is 0 Å². The molecule has 0 saturated carbocycles. The Bertz CT molecular complexity index is 868. The van der Waals surface area contributed by atoms with Crippen molar-refractivity contribution in [1.29, 1.82) is 0 Å². The normalized spacial score (nSPS) is 14.0. The monoisotopic (exact) mass is 391 g/mol. The molecule has 0 aliphatic carbocycles. The smallest absolute Gasteiger partial charge is 0.324 e. The number of carboxylic acids is 1. The fraction of sp³-hybridized carbons (Fsp3) is 0.412. The fourth-order valence-corrected chi connectivity index (χ4v) is 3.47. The molecule has 3 N–H and O–H groups in total. The number of fused-ring (bicyclic) bond motifs is 3. The van der Waals surface area contributed by atoms with Crippen molar-refractivity contribution in [3.63, 3.8) is 0 Å². The van der Waals surface area contributed by atoms with Gasteiger partial charge in [-0.3, -0.25) is 14.5 Å². The summed E-state index contributed by atoms with van der Waals surface area (Å²) in [5.41, 5.74) is 1.77. The maximum atomic E-state index is 12.8.